The fraction of sp³-hybridized carbons (Fsp3) is 0.828. The fourth-order valence-electron chi connectivity index (χ4n) is 8.41. The number of rotatable bonds is 50. The van der Waals surface area contributed by atoms with Crippen LogP contribution in [0.15, 0.2) is 48.6 Å². The molecule has 374 valence electrons. The molecule has 0 bridgehead atoms. The molecule has 1 amide bonds. The van der Waals surface area contributed by atoms with Gasteiger partial charge in [-0.05, 0) is 70.6 Å². The maximum Gasteiger partial charge on any atom is 0.306 e. The highest BCUT2D eigenvalue weighted by atomic mass is 16.5. The van der Waals surface area contributed by atoms with E-state index in [0.29, 0.717) is 19.3 Å². The zero-order chi connectivity index (χ0) is 46.7. The Morgan fingerprint density at radius 1 is 0.453 bits per heavy atom. The highest BCUT2D eigenvalue weighted by Gasteiger charge is 2.24. The Morgan fingerprint density at radius 3 is 1.22 bits per heavy atom. The van der Waals surface area contributed by atoms with Crippen molar-refractivity contribution in [3.8, 4) is 0 Å². The van der Waals surface area contributed by atoms with E-state index < -0.39 is 18.2 Å². The predicted molar refractivity (Wildman–Crippen MR) is 278 cm³/mol. The summed E-state index contributed by atoms with van der Waals surface area (Å²) in [6.45, 7) is 6.46. The van der Waals surface area contributed by atoms with Crippen LogP contribution in [-0.4, -0.2) is 46.9 Å². The molecular formula is C58H107NO5. The Bertz CT molecular complexity index is 1100. The van der Waals surface area contributed by atoms with Gasteiger partial charge in [0, 0.05) is 6.42 Å². The lowest BCUT2D eigenvalue weighted by atomic mass is 10.0. The molecule has 0 rings (SSSR count). The highest BCUT2D eigenvalue weighted by Crippen LogP contribution is 2.18. The van der Waals surface area contributed by atoms with Crippen LogP contribution in [0, 0.1) is 0 Å². The average molecular weight is 898 g/mol. The fourth-order valence-corrected chi connectivity index (χ4v) is 8.41. The van der Waals surface area contributed by atoms with Gasteiger partial charge in [0.05, 0.1) is 25.2 Å². The molecule has 64 heavy (non-hydrogen) atoms. The van der Waals surface area contributed by atoms with Gasteiger partial charge in [-0.15, -0.1) is 0 Å². The predicted octanol–water partition coefficient (Wildman–Crippen LogP) is 17.0. The van der Waals surface area contributed by atoms with Crippen LogP contribution < -0.4 is 5.32 Å². The number of aliphatic hydroxyl groups excluding tert-OH is 2. The van der Waals surface area contributed by atoms with Gasteiger partial charge < -0.3 is 20.3 Å². The minimum Gasteiger partial charge on any atom is -0.462 e. The lowest BCUT2D eigenvalue weighted by molar-refractivity contribution is -0.151. The molecule has 0 heterocycles. The third-order valence-electron chi connectivity index (χ3n) is 12.7. The SMILES string of the molecule is CCCCC/C=C\C/C=C\C/C=C\C/C=C\CCCCCC(=O)OC(CCCCCCCCCCCCCCCCC)CC(=O)NC(CO)C(O)CCCCCCCCCCCCC. The van der Waals surface area contributed by atoms with E-state index in [-0.39, 0.29) is 24.9 Å². The largest absolute Gasteiger partial charge is 0.462 e. The quantitative estimate of drug-likeness (QED) is 0.0321. The zero-order valence-corrected chi connectivity index (χ0v) is 42.7. The van der Waals surface area contributed by atoms with Crippen LogP contribution in [0.1, 0.15) is 284 Å². The van der Waals surface area contributed by atoms with E-state index in [1.807, 2.05) is 0 Å². The second-order valence-electron chi connectivity index (χ2n) is 19.0. The van der Waals surface area contributed by atoms with E-state index in [2.05, 4.69) is 74.7 Å². The molecule has 3 unspecified atom stereocenters. The summed E-state index contributed by atoms with van der Waals surface area (Å²) >= 11 is 0. The molecule has 0 aromatic heterocycles. The maximum absolute atomic E-state index is 13.2. The molecule has 0 saturated carbocycles. The number of carbonyl (C=O) groups excluding carboxylic acids is 2. The van der Waals surface area contributed by atoms with Crippen molar-refractivity contribution in [3.63, 3.8) is 0 Å². The first-order valence-electron chi connectivity index (χ1n) is 27.9. The first kappa shape index (κ1) is 61.8. The van der Waals surface area contributed by atoms with Gasteiger partial charge in [0.2, 0.25) is 5.91 Å². The second kappa shape index (κ2) is 51.8. The standard InChI is InChI=1S/C58H107NO5/c1-4-7-10-13-16-19-22-24-26-27-28-29-31-33-36-39-42-45-48-51-58(63)64-54(49-46-43-40-37-35-32-30-25-23-20-17-14-11-8-5-2)52-57(62)59-55(53-60)56(61)50-47-44-41-38-34-21-18-15-12-9-6-3/h16,19,24,26,28-29,33,36,54-56,60-61H,4-15,17-18,20-23,25,27,30-32,34-35,37-53H2,1-3H3,(H,59,62)/b19-16-,26-24-,29-28-,36-33-. The number of amides is 1. The molecule has 0 aromatic rings. The lowest BCUT2D eigenvalue weighted by Crippen LogP contribution is -2.46. The second-order valence-corrected chi connectivity index (χ2v) is 19.0. The number of hydrogen-bond acceptors (Lipinski definition) is 5. The van der Waals surface area contributed by atoms with Gasteiger partial charge in [-0.1, -0.05) is 249 Å². The van der Waals surface area contributed by atoms with Crippen molar-refractivity contribution in [2.45, 2.75) is 302 Å². The van der Waals surface area contributed by atoms with Crippen LogP contribution in [-0.2, 0) is 14.3 Å². The first-order chi connectivity index (χ1) is 31.5. The lowest BCUT2D eigenvalue weighted by Gasteiger charge is -2.24. The minimum atomic E-state index is -0.791. The van der Waals surface area contributed by atoms with E-state index in [9.17, 15) is 19.8 Å². The summed E-state index contributed by atoms with van der Waals surface area (Å²) in [7, 11) is 0. The Kier molecular flexibility index (Phi) is 50.0. The van der Waals surface area contributed by atoms with Gasteiger partial charge in [-0.2, -0.15) is 0 Å². The van der Waals surface area contributed by atoms with E-state index in [4.69, 9.17) is 4.74 Å². The van der Waals surface area contributed by atoms with Crippen molar-refractivity contribution in [2.75, 3.05) is 6.61 Å². The van der Waals surface area contributed by atoms with Crippen LogP contribution in [0.4, 0.5) is 0 Å². The van der Waals surface area contributed by atoms with Crippen LogP contribution in [0.3, 0.4) is 0 Å². The third kappa shape index (κ3) is 46.4. The number of allylic oxidation sites excluding steroid dienone is 8. The topological polar surface area (TPSA) is 95.9 Å². The Labute approximate surface area is 397 Å². The molecule has 0 radical (unpaired) electrons. The van der Waals surface area contributed by atoms with Crippen molar-refractivity contribution >= 4 is 11.9 Å². The Morgan fingerprint density at radius 2 is 0.797 bits per heavy atom. The molecule has 6 heteroatoms. The highest BCUT2D eigenvalue weighted by molar-refractivity contribution is 5.77. The number of ether oxygens (including phenoxy) is 1. The maximum atomic E-state index is 13.2. The number of unbranched alkanes of at least 4 members (excludes halogenated alkanes) is 30. The molecular weight excluding hydrogens is 791 g/mol. The smallest absolute Gasteiger partial charge is 0.306 e. The van der Waals surface area contributed by atoms with Crippen LogP contribution >= 0.6 is 0 Å². The number of esters is 1. The van der Waals surface area contributed by atoms with E-state index >= 15 is 0 Å². The summed E-state index contributed by atoms with van der Waals surface area (Å²) in [5, 5.41) is 23.8. The molecule has 0 saturated heterocycles. The minimum absolute atomic E-state index is 0.0675. The van der Waals surface area contributed by atoms with Crippen molar-refractivity contribution in [1.29, 1.82) is 0 Å². The number of hydrogen-bond donors (Lipinski definition) is 3. The summed E-state index contributed by atoms with van der Waals surface area (Å²) in [5.74, 6) is -0.499. The van der Waals surface area contributed by atoms with Crippen LogP contribution in [0.5, 0.6) is 0 Å². The van der Waals surface area contributed by atoms with Crippen molar-refractivity contribution in [2.24, 2.45) is 0 Å². The molecule has 0 aliphatic heterocycles. The molecule has 0 aliphatic carbocycles. The summed E-state index contributed by atoms with van der Waals surface area (Å²) in [6.07, 6.45) is 63.1. The Balaban J connectivity index is 4.60. The normalized spacial score (nSPS) is 13.5. The molecule has 6 nitrogen and oxygen atoms in total. The number of carbonyl (C=O) groups is 2. The summed E-state index contributed by atoms with van der Waals surface area (Å²) in [5.41, 5.74) is 0. The average Bonchev–Trinajstić information content (AvgIpc) is 3.29. The van der Waals surface area contributed by atoms with Gasteiger partial charge in [-0.25, -0.2) is 0 Å². The van der Waals surface area contributed by atoms with Crippen molar-refractivity contribution in [1.82, 2.24) is 5.32 Å². The summed E-state index contributed by atoms with van der Waals surface area (Å²) in [6, 6.07) is -0.706. The molecule has 0 spiro atoms. The van der Waals surface area contributed by atoms with Crippen LogP contribution in [0.2, 0.25) is 0 Å². The van der Waals surface area contributed by atoms with Gasteiger partial charge >= 0.3 is 5.97 Å². The molecule has 0 fully saturated rings. The zero-order valence-electron chi connectivity index (χ0n) is 42.7. The van der Waals surface area contributed by atoms with E-state index in [0.717, 1.165) is 77.0 Å². The van der Waals surface area contributed by atoms with Crippen LogP contribution in [0.25, 0.3) is 0 Å². The van der Waals surface area contributed by atoms with Crippen molar-refractivity contribution < 1.29 is 24.5 Å². The van der Waals surface area contributed by atoms with E-state index in [1.165, 1.54) is 161 Å². The third-order valence-corrected chi connectivity index (χ3v) is 12.7. The Hall–Kier alpha value is -2.18. The van der Waals surface area contributed by atoms with Gasteiger partial charge in [0.1, 0.15) is 6.10 Å². The molecule has 3 N–H and O–H groups in total. The molecule has 0 aromatic carbocycles. The molecule has 0 aliphatic rings. The summed E-state index contributed by atoms with van der Waals surface area (Å²) < 4.78 is 5.94. The van der Waals surface area contributed by atoms with Gasteiger partial charge in [0.15, 0.2) is 0 Å². The van der Waals surface area contributed by atoms with E-state index in [1.54, 1.807) is 0 Å². The first-order valence-corrected chi connectivity index (χ1v) is 27.9. The monoisotopic (exact) mass is 898 g/mol. The van der Waals surface area contributed by atoms with Crippen molar-refractivity contribution in [3.05, 3.63) is 48.6 Å². The number of nitrogens with one attached hydrogen (secondary N) is 1. The van der Waals surface area contributed by atoms with Gasteiger partial charge in [0.25, 0.3) is 0 Å². The molecule has 3 atom stereocenters. The van der Waals surface area contributed by atoms with Gasteiger partial charge in [-0.3, -0.25) is 9.59 Å². The number of aliphatic hydroxyl groups is 2. The summed E-state index contributed by atoms with van der Waals surface area (Å²) in [4.78, 5) is 26.2.